The Kier molecular flexibility index (Phi) is 7.11. The molecular weight excluding hydrogens is 511 g/mol. The zero-order chi connectivity index (χ0) is 26.9. The highest BCUT2D eigenvalue weighted by molar-refractivity contribution is 6.36. The van der Waals surface area contributed by atoms with Gasteiger partial charge in [0.2, 0.25) is 0 Å². The third-order valence-corrected chi connectivity index (χ3v) is 7.30. The number of halogens is 2. The molecule has 0 saturated carbocycles. The third kappa shape index (κ3) is 4.98. The first-order valence-corrected chi connectivity index (χ1v) is 13.2. The number of pyridine rings is 2. The Hall–Kier alpha value is -3.50. The van der Waals surface area contributed by atoms with Gasteiger partial charge in [0.25, 0.3) is 0 Å². The molecule has 5 aromatic rings. The first-order chi connectivity index (χ1) is 18.2. The second-order valence-electron chi connectivity index (χ2n) is 10.4. The van der Waals surface area contributed by atoms with Crippen LogP contribution in [0.1, 0.15) is 54.3 Å². The minimum Gasteiger partial charge on any atom is -0.376 e. The van der Waals surface area contributed by atoms with Gasteiger partial charge in [0, 0.05) is 33.9 Å². The molecule has 0 saturated heterocycles. The topological polar surface area (TPSA) is 46.0 Å². The number of rotatable bonds is 5. The molecule has 2 heterocycles. The van der Waals surface area contributed by atoms with E-state index in [1.165, 1.54) is 0 Å². The second kappa shape index (κ2) is 10.3. The monoisotopic (exact) mass is 538 g/mol. The van der Waals surface area contributed by atoms with Crippen LogP contribution < -0.4 is 0 Å². The normalized spacial score (nSPS) is 13.6. The van der Waals surface area contributed by atoms with E-state index in [1.807, 2.05) is 66.7 Å². The van der Waals surface area contributed by atoms with Crippen LogP contribution in [0.5, 0.6) is 0 Å². The number of fused-ring (bicyclic) bond motifs is 1. The third-order valence-electron chi connectivity index (χ3n) is 6.67. The van der Waals surface area contributed by atoms with Gasteiger partial charge in [-0.2, -0.15) is 0 Å². The predicted molar refractivity (Wildman–Crippen MR) is 159 cm³/mol. The quantitative estimate of drug-likeness (QED) is 0.243. The molecule has 1 unspecified atom stereocenters. The fraction of sp³-hybridized carbons (Fsp3) is 0.152. The van der Waals surface area contributed by atoms with Crippen molar-refractivity contribution in [3.63, 3.8) is 0 Å². The smallest absolute Gasteiger partial charge is 0.142 e. The SMILES string of the molecule is CC(C)(C)c1c(/C=C/c2ccccc2)nc2ccc(C(O)(c3cccnc3)c3cccc(Cl)c3)cc2c1Cl. The molecule has 0 spiro atoms. The number of hydrogen-bond acceptors (Lipinski definition) is 3. The Balaban J connectivity index is 1.73. The number of nitrogens with zero attached hydrogens (tertiary/aromatic N) is 2. The number of aromatic nitrogens is 2. The van der Waals surface area contributed by atoms with E-state index in [2.05, 4.69) is 44.0 Å². The molecule has 0 radical (unpaired) electrons. The first-order valence-electron chi connectivity index (χ1n) is 12.4. The van der Waals surface area contributed by atoms with Crippen LogP contribution in [0.15, 0.2) is 97.3 Å². The molecule has 2 aromatic heterocycles. The maximum Gasteiger partial charge on any atom is 0.142 e. The lowest BCUT2D eigenvalue weighted by Gasteiger charge is -2.30. The lowest BCUT2D eigenvalue weighted by Crippen LogP contribution is -2.29. The summed E-state index contributed by atoms with van der Waals surface area (Å²) in [6.45, 7) is 6.39. The zero-order valence-corrected chi connectivity index (χ0v) is 23.0. The average molecular weight is 540 g/mol. The van der Waals surface area contributed by atoms with Crippen molar-refractivity contribution in [2.75, 3.05) is 0 Å². The van der Waals surface area contributed by atoms with Crippen molar-refractivity contribution in [1.82, 2.24) is 9.97 Å². The molecule has 1 N–H and O–H groups in total. The molecule has 1 atom stereocenters. The van der Waals surface area contributed by atoms with Gasteiger partial charge in [-0.15, -0.1) is 0 Å². The Bertz CT molecular complexity index is 1630. The van der Waals surface area contributed by atoms with Crippen molar-refractivity contribution in [2.45, 2.75) is 31.8 Å². The van der Waals surface area contributed by atoms with Gasteiger partial charge in [-0.3, -0.25) is 4.98 Å². The Morgan fingerprint density at radius 3 is 2.18 bits per heavy atom. The van der Waals surface area contributed by atoms with Gasteiger partial charge >= 0.3 is 0 Å². The van der Waals surface area contributed by atoms with E-state index in [9.17, 15) is 5.11 Å². The van der Waals surface area contributed by atoms with Crippen molar-refractivity contribution < 1.29 is 5.11 Å². The van der Waals surface area contributed by atoms with E-state index >= 15 is 0 Å². The Morgan fingerprint density at radius 2 is 1.50 bits per heavy atom. The fourth-order valence-electron chi connectivity index (χ4n) is 4.83. The Labute approximate surface area is 233 Å². The van der Waals surface area contributed by atoms with Crippen LogP contribution in [0, 0.1) is 0 Å². The highest BCUT2D eigenvalue weighted by atomic mass is 35.5. The number of hydrogen-bond donors (Lipinski definition) is 1. The summed E-state index contributed by atoms with van der Waals surface area (Å²) in [4.78, 5) is 9.28. The van der Waals surface area contributed by atoms with Gasteiger partial charge in [0.05, 0.1) is 16.2 Å². The van der Waals surface area contributed by atoms with E-state index in [4.69, 9.17) is 28.2 Å². The maximum absolute atomic E-state index is 12.3. The number of benzene rings is 3. The number of aliphatic hydroxyl groups is 1. The van der Waals surface area contributed by atoms with Crippen LogP contribution >= 0.6 is 23.2 Å². The Morgan fingerprint density at radius 1 is 0.763 bits per heavy atom. The van der Waals surface area contributed by atoms with Gasteiger partial charge in [-0.25, -0.2) is 4.98 Å². The van der Waals surface area contributed by atoms with Crippen molar-refractivity contribution in [2.24, 2.45) is 0 Å². The van der Waals surface area contributed by atoms with Crippen molar-refractivity contribution in [3.05, 3.63) is 141 Å². The van der Waals surface area contributed by atoms with Crippen molar-refractivity contribution >= 4 is 46.3 Å². The minimum absolute atomic E-state index is 0.267. The van der Waals surface area contributed by atoms with Crippen molar-refractivity contribution in [1.29, 1.82) is 0 Å². The molecule has 0 fully saturated rings. The van der Waals surface area contributed by atoms with E-state index in [1.54, 1.807) is 24.5 Å². The molecular formula is C33H28Cl2N2O. The summed E-state index contributed by atoms with van der Waals surface area (Å²) < 4.78 is 0. The molecule has 0 bridgehead atoms. The predicted octanol–water partition coefficient (Wildman–Crippen LogP) is 8.69. The standard InChI is InChI=1S/C33H28Cl2N2O/c1-32(2,3)30-29(16-14-22-9-5-4-6-10-22)37-28-17-15-24(20-27(28)31(30)35)33(38,25-12-8-18-36-21-25)23-11-7-13-26(34)19-23/h4-21,38H,1-3H3/b16-14+. The van der Waals surface area contributed by atoms with Crippen molar-refractivity contribution in [3.8, 4) is 0 Å². The summed E-state index contributed by atoms with van der Waals surface area (Å²) in [5.74, 6) is 0. The fourth-order valence-corrected chi connectivity index (χ4v) is 5.55. The van der Waals surface area contributed by atoms with E-state index in [0.717, 1.165) is 27.7 Å². The highest BCUT2D eigenvalue weighted by Gasteiger charge is 2.35. The zero-order valence-electron chi connectivity index (χ0n) is 21.5. The molecule has 38 heavy (non-hydrogen) atoms. The largest absolute Gasteiger partial charge is 0.376 e. The van der Waals surface area contributed by atoms with Crippen LogP contribution in [0.2, 0.25) is 10.0 Å². The lowest BCUT2D eigenvalue weighted by atomic mass is 9.80. The van der Waals surface area contributed by atoms with Gasteiger partial charge in [0.15, 0.2) is 0 Å². The summed E-state index contributed by atoms with van der Waals surface area (Å²) in [5.41, 5.74) is 3.76. The maximum atomic E-state index is 12.3. The summed E-state index contributed by atoms with van der Waals surface area (Å²) in [5, 5.41) is 14.3. The summed E-state index contributed by atoms with van der Waals surface area (Å²) >= 11 is 13.5. The first kappa shape index (κ1) is 26.1. The molecule has 5 rings (SSSR count). The van der Waals surface area contributed by atoms with Crippen LogP contribution in [0.25, 0.3) is 23.1 Å². The van der Waals surface area contributed by atoms with Crippen LogP contribution in [0.4, 0.5) is 0 Å². The minimum atomic E-state index is -1.50. The average Bonchev–Trinajstić information content (AvgIpc) is 2.91. The molecule has 5 heteroatoms. The molecule has 0 amide bonds. The molecule has 0 aliphatic rings. The second-order valence-corrected chi connectivity index (χ2v) is 11.2. The highest BCUT2D eigenvalue weighted by Crippen LogP contribution is 2.42. The van der Waals surface area contributed by atoms with E-state index in [-0.39, 0.29) is 5.41 Å². The van der Waals surface area contributed by atoms with Crippen LogP contribution in [-0.2, 0) is 11.0 Å². The summed E-state index contributed by atoms with van der Waals surface area (Å²) in [6, 6.07) is 26.8. The molecule has 0 aliphatic carbocycles. The van der Waals surface area contributed by atoms with E-state index in [0.29, 0.717) is 26.7 Å². The van der Waals surface area contributed by atoms with E-state index < -0.39 is 5.60 Å². The molecule has 190 valence electrons. The van der Waals surface area contributed by atoms with Crippen LogP contribution in [0.3, 0.4) is 0 Å². The molecule has 3 nitrogen and oxygen atoms in total. The summed E-state index contributed by atoms with van der Waals surface area (Å²) in [6.07, 6.45) is 7.42. The van der Waals surface area contributed by atoms with Gasteiger partial charge in [0.1, 0.15) is 5.60 Å². The van der Waals surface area contributed by atoms with Gasteiger partial charge in [-0.1, -0.05) is 105 Å². The molecule has 0 aliphatic heterocycles. The van der Waals surface area contributed by atoms with Gasteiger partial charge in [-0.05, 0) is 58.5 Å². The van der Waals surface area contributed by atoms with Crippen LogP contribution in [-0.4, -0.2) is 15.1 Å². The van der Waals surface area contributed by atoms with Gasteiger partial charge < -0.3 is 5.11 Å². The lowest BCUT2D eigenvalue weighted by molar-refractivity contribution is 0.125. The summed E-state index contributed by atoms with van der Waals surface area (Å²) in [7, 11) is 0. The molecule has 3 aromatic carbocycles.